The van der Waals surface area contributed by atoms with Crippen LogP contribution < -0.4 is 16.6 Å². The molecule has 3 aromatic rings. The zero-order valence-electron chi connectivity index (χ0n) is 12.2. The number of benzene rings is 1. The normalized spacial score (nSPS) is 12.2. The van der Waals surface area contributed by atoms with E-state index in [4.69, 9.17) is 5.73 Å². The Bertz CT molecular complexity index is 919. The van der Waals surface area contributed by atoms with Gasteiger partial charge in [0, 0.05) is 5.39 Å². The molecule has 0 unspecified atom stereocenters. The second kappa shape index (κ2) is 6.13. The highest BCUT2D eigenvalue weighted by Crippen LogP contribution is 2.21. The van der Waals surface area contributed by atoms with Gasteiger partial charge in [-0.25, -0.2) is 5.10 Å². The number of H-pyrrole nitrogens is 1. The average molecular weight is 330 g/mol. The topological polar surface area (TPSA) is 127 Å². The first-order valence-electron chi connectivity index (χ1n) is 6.89. The Morgan fingerprint density at radius 1 is 1.35 bits per heavy atom. The van der Waals surface area contributed by atoms with Crippen LogP contribution in [0, 0.1) is 0 Å². The highest BCUT2D eigenvalue weighted by atomic mass is 32.1. The molecule has 0 bridgehead atoms. The molecule has 1 amide bonds. The number of nitrogens with zero attached hydrogens (tertiary/aromatic N) is 3. The van der Waals surface area contributed by atoms with Gasteiger partial charge in [-0.1, -0.05) is 29.5 Å². The summed E-state index contributed by atoms with van der Waals surface area (Å²) < 4.78 is 0. The molecule has 9 heteroatoms. The number of nitrogens with one attached hydrogen (secondary N) is 2. The number of nitrogens with two attached hydrogens (primary N) is 1. The van der Waals surface area contributed by atoms with Crippen molar-refractivity contribution in [2.45, 2.75) is 19.4 Å². The summed E-state index contributed by atoms with van der Waals surface area (Å²) in [5, 5.41) is 18.9. The van der Waals surface area contributed by atoms with E-state index in [1.165, 1.54) is 11.3 Å². The number of hydrogen-bond acceptors (Lipinski definition) is 7. The van der Waals surface area contributed by atoms with Crippen LogP contribution >= 0.6 is 11.3 Å². The molecule has 0 saturated carbocycles. The molecule has 1 aromatic carbocycles. The zero-order valence-corrected chi connectivity index (χ0v) is 13.1. The molecular formula is C14H14N6O2S. The number of anilines is 1. The summed E-state index contributed by atoms with van der Waals surface area (Å²) in [6.45, 7) is 1.98. The monoisotopic (exact) mass is 330 g/mol. The lowest BCUT2D eigenvalue weighted by molar-refractivity contribution is -0.122. The molecule has 0 saturated heterocycles. The molecule has 0 aliphatic heterocycles. The van der Waals surface area contributed by atoms with Gasteiger partial charge >= 0.3 is 0 Å². The molecule has 1 atom stereocenters. The smallest absolute Gasteiger partial charge is 0.272 e. The number of fused-ring (bicyclic) bond motifs is 1. The van der Waals surface area contributed by atoms with Crippen molar-refractivity contribution < 1.29 is 4.79 Å². The molecule has 0 fully saturated rings. The molecule has 0 aliphatic carbocycles. The number of rotatable bonds is 4. The van der Waals surface area contributed by atoms with Crippen molar-refractivity contribution in [1.82, 2.24) is 25.7 Å². The van der Waals surface area contributed by atoms with Crippen LogP contribution in [0.3, 0.4) is 0 Å². The van der Waals surface area contributed by atoms with Crippen LogP contribution in [0.25, 0.3) is 10.8 Å². The minimum Gasteiger partial charge on any atom is -0.374 e. The van der Waals surface area contributed by atoms with Gasteiger partial charge in [0.15, 0.2) is 0 Å². The summed E-state index contributed by atoms with van der Waals surface area (Å²) >= 11 is 1.22. The van der Waals surface area contributed by atoms with E-state index in [1.54, 1.807) is 25.1 Å². The lowest BCUT2D eigenvalue weighted by Gasteiger charge is -2.12. The predicted molar refractivity (Wildman–Crippen MR) is 86.9 cm³/mol. The minimum atomic E-state index is -0.526. The molecule has 2 heterocycles. The molecule has 8 nitrogen and oxygen atoms in total. The van der Waals surface area contributed by atoms with E-state index >= 15 is 0 Å². The van der Waals surface area contributed by atoms with Crippen LogP contribution in [0.4, 0.5) is 5.13 Å². The van der Waals surface area contributed by atoms with Crippen LogP contribution in [0.1, 0.15) is 23.5 Å². The van der Waals surface area contributed by atoms with E-state index in [0.29, 0.717) is 26.6 Å². The van der Waals surface area contributed by atoms with Crippen LogP contribution in [-0.4, -0.2) is 26.3 Å². The van der Waals surface area contributed by atoms with E-state index in [2.05, 4.69) is 25.7 Å². The highest BCUT2D eigenvalue weighted by Gasteiger charge is 2.20. The molecule has 2 aromatic heterocycles. The SMILES string of the molecule is C[C@@H](C(=O)NCc1nnc(N)s1)c1n[nH]c(=O)c2ccccc12. The fourth-order valence-corrected chi connectivity index (χ4v) is 2.79. The molecule has 3 rings (SSSR count). The van der Waals surface area contributed by atoms with Crippen molar-refractivity contribution >= 4 is 33.1 Å². The fourth-order valence-electron chi connectivity index (χ4n) is 2.24. The molecular weight excluding hydrogens is 316 g/mol. The van der Waals surface area contributed by atoms with Crippen molar-refractivity contribution in [3.05, 3.63) is 45.3 Å². The summed E-state index contributed by atoms with van der Waals surface area (Å²) in [5.41, 5.74) is 5.75. The average Bonchev–Trinajstić information content (AvgIpc) is 2.98. The van der Waals surface area contributed by atoms with Gasteiger partial charge in [0.05, 0.1) is 23.5 Å². The first kappa shape index (κ1) is 15.1. The van der Waals surface area contributed by atoms with Gasteiger partial charge in [-0.3, -0.25) is 9.59 Å². The number of aromatic nitrogens is 4. The second-order valence-corrected chi connectivity index (χ2v) is 6.05. The Kier molecular flexibility index (Phi) is 4.02. The highest BCUT2D eigenvalue weighted by molar-refractivity contribution is 7.15. The molecule has 118 valence electrons. The van der Waals surface area contributed by atoms with Gasteiger partial charge in [0.25, 0.3) is 5.56 Å². The van der Waals surface area contributed by atoms with Gasteiger partial charge in [-0.2, -0.15) is 5.10 Å². The Morgan fingerprint density at radius 3 is 2.78 bits per heavy atom. The Morgan fingerprint density at radius 2 is 2.09 bits per heavy atom. The quantitative estimate of drug-likeness (QED) is 0.649. The van der Waals surface area contributed by atoms with E-state index in [9.17, 15) is 9.59 Å². The third-order valence-corrected chi connectivity index (χ3v) is 4.18. The van der Waals surface area contributed by atoms with Gasteiger partial charge in [0.1, 0.15) is 5.01 Å². The van der Waals surface area contributed by atoms with E-state index in [1.807, 2.05) is 6.07 Å². The van der Waals surface area contributed by atoms with E-state index in [-0.39, 0.29) is 18.0 Å². The lowest BCUT2D eigenvalue weighted by atomic mass is 10.0. The van der Waals surface area contributed by atoms with Crippen LogP contribution in [0.15, 0.2) is 29.1 Å². The Balaban J connectivity index is 1.82. The summed E-state index contributed by atoms with van der Waals surface area (Å²) in [7, 11) is 0. The first-order chi connectivity index (χ1) is 11.1. The van der Waals surface area contributed by atoms with Crippen LogP contribution in [-0.2, 0) is 11.3 Å². The summed E-state index contributed by atoms with van der Waals surface area (Å²) in [5.74, 6) is -0.745. The fraction of sp³-hybridized carbons (Fsp3) is 0.214. The Hall–Kier alpha value is -2.81. The molecule has 0 aliphatic rings. The lowest BCUT2D eigenvalue weighted by Crippen LogP contribution is -2.29. The molecule has 23 heavy (non-hydrogen) atoms. The number of nitrogen functional groups attached to an aromatic ring is 1. The number of amides is 1. The maximum Gasteiger partial charge on any atom is 0.272 e. The van der Waals surface area contributed by atoms with Crippen molar-refractivity contribution in [3.8, 4) is 0 Å². The van der Waals surface area contributed by atoms with Crippen molar-refractivity contribution in [1.29, 1.82) is 0 Å². The van der Waals surface area contributed by atoms with Crippen molar-refractivity contribution in [2.75, 3.05) is 5.73 Å². The second-order valence-electron chi connectivity index (χ2n) is 4.96. The van der Waals surface area contributed by atoms with E-state index < -0.39 is 5.92 Å². The van der Waals surface area contributed by atoms with Gasteiger partial charge in [-0.05, 0) is 13.0 Å². The van der Waals surface area contributed by atoms with E-state index in [0.717, 1.165) is 0 Å². The number of carbonyl (C=O) groups is 1. The summed E-state index contributed by atoms with van der Waals surface area (Å²) in [4.78, 5) is 24.1. The molecule has 0 radical (unpaired) electrons. The van der Waals surface area contributed by atoms with Crippen LogP contribution in [0.5, 0.6) is 0 Å². The maximum atomic E-state index is 12.3. The maximum absolute atomic E-state index is 12.3. The first-order valence-corrected chi connectivity index (χ1v) is 7.71. The predicted octanol–water partition coefficient (Wildman–Crippen LogP) is 0.777. The summed E-state index contributed by atoms with van der Waals surface area (Å²) in [6.07, 6.45) is 0. The van der Waals surface area contributed by atoms with Gasteiger partial charge in [-0.15, -0.1) is 10.2 Å². The van der Waals surface area contributed by atoms with Crippen LogP contribution in [0.2, 0.25) is 0 Å². The number of hydrogen-bond donors (Lipinski definition) is 3. The van der Waals surface area contributed by atoms with Gasteiger partial charge < -0.3 is 11.1 Å². The largest absolute Gasteiger partial charge is 0.374 e. The summed E-state index contributed by atoms with van der Waals surface area (Å²) in [6, 6.07) is 7.06. The number of aromatic amines is 1. The standard InChI is InChI=1S/C14H14N6O2S/c1-7(12(21)16-6-10-17-20-14(15)23-10)11-8-4-2-3-5-9(8)13(22)19-18-11/h2-5,7H,6H2,1H3,(H2,15,20)(H,16,21)(H,19,22)/t7-/m1/s1. The van der Waals surface area contributed by atoms with Crippen molar-refractivity contribution in [3.63, 3.8) is 0 Å². The Labute approximate surface area is 134 Å². The van der Waals surface area contributed by atoms with Crippen molar-refractivity contribution in [2.24, 2.45) is 0 Å². The molecule has 0 spiro atoms. The minimum absolute atomic E-state index is 0.219. The molecule has 4 N–H and O–H groups in total. The van der Waals surface area contributed by atoms with Gasteiger partial charge in [0.2, 0.25) is 11.0 Å². The third-order valence-electron chi connectivity index (χ3n) is 3.43. The third kappa shape index (κ3) is 3.04. The number of carbonyl (C=O) groups excluding carboxylic acids is 1. The zero-order chi connectivity index (χ0) is 16.4.